The fourth-order valence-electron chi connectivity index (χ4n) is 2.10. The average molecular weight is 289 g/mol. The van der Waals surface area contributed by atoms with E-state index < -0.39 is 17.7 Å². The van der Waals surface area contributed by atoms with E-state index in [1.807, 2.05) is 27.8 Å². The molecule has 0 aromatic heterocycles. The SMILES string of the molecule is CC[N+](C)(OC)C(C(=O)NC(=O)OC(C)(C)C)C(C)C. The number of rotatable bonds is 5. The van der Waals surface area contributed by atoms with Gasteiger partial charge in [-0.25, -0.2) is 9.63 Å². The number of imide groups is 1. The predicted molar refractivity (Wildman–Crippen MR) is 76.7 cm³/mol. The van der Waals surface area contributed by atoms with Gasteiger partial charge in [-0.2, -0.15) is 4.65 Å². The number of amides is 2. The molecule has 0 aromatic rings. The third-order valence-corrected chi connectivity index (χ3v) is 3.16. The fourth-order valence-corrected chi connectivity index (χ4v) is 2.10. The maximum Gasteiger partial charge on any atom is 0.414 e. The molecule has 0 aliphatic heterocycles. The molecule has 2 unspecified atom stereocenters. The molecule has 2 amide bonds. The number of ether oxygens (including phenoxy) is 1. The topological polar surface area (TPSA) is 64.6 Å². The van der Waals surface area contributed by atoms with Gasteiger partial charge in [0.1, 0.15) is 12.1 Å². The molecule has 0 radical (unpaired) electrons. The summed E-state index contributed by atoms with van der Waals surface area (Å²) in [6.45, 7) is 11.6. The first-order chi connectivity index (χ1) is 8.96. The van der Waals surface area contributed by atoms with Gasteiger partial charge in [0.25, 0.3) is 5.91 Å². The van der Waals surface area contributed by atoms with E-state index in [9.17, 15) is 9.59 Å². The van der Waals surface area contributed by atoms with Crippen LogP contribution in [0.25, 0.3) is 0 Å². The van der Waals surface area contributed by atoms with Crippen LogP contribution in [0.3, 0.4) is 0 Å². The first kappa shape index (κ1) is 18.9. The summed E-state index contributed by atoms with van der Waals surface area (Å²) in [7, 11) is 3.37. The lowest BCUT2D eigenvalue weighted by molar-refractivity contribution is -1.10. The van der Waals surface area contributed by atoms with E-state index in [2.05, 4.69) is 5.32 Å². The third-order valence-electron chi connectivity index (χ3n) is 3.16. The monoisotopic (exact) mass is 289 g/mol. The van der Waals surface area contributed by atoms with Crippen LogP contribution in [0.5, 0.6) is 0 Å². The molecule has 2 atom stereocenters. The summed E-state index contributed by atoms with van der Waals surface area (Å²) >= 11 is 0. The van der Waals surface area contributed by atoms with Crippen LogP contribution in [-0.2, 0) is 14.4 Å². The number of carbonyl (C=O) groups excluding carboxylic acids is 2. The first-order valence-corrected chi connectivity index (χ1v) is 6.91. The molecular formula is C14H29N2O4+. The van der Waals surface area contributed by atoms with Crippen molar-refractivity contribution in [3.63, 3.8) is 0 Å². The number of nitrogens with one attached hydrogen (secondary N) is 1. The zero-order valence-corrected chi connectivity index (χ0v) is 13.9. The maximum atomic E-state index is 12.3. The molecule has 0 spiro atoms. The minimum Gasteiger partial charge on any atom is -0.444 e. The fraction of sp³-hybridized carbons (Fsp3) is 0.857. The summed E-state index contributed by atoms with van der Waals surface area (Å²) in [6.07, 6.45) is -0.730. The van der Waals surface area contributed by atoms with E-state index in [1.165, 1.54) is 0 Å². The second-order valence-electron chi connectivity index (χ2n) is 6.35. The molecule has 0 aromatic carbocycles. The maximum absolute atomic E-state index is 12.3. The van der Waals surface area contributed by atoms with Crippen molar-refractivity contribution in [1.82, 2.24) is 5.32 Å². The van der Waals surface area contributed by atoms with Crippen molar-refractivity contribution in [2.75, 3.05) is 20.7 Å². The number of hydrogen-bond acceptors (Lipinski definition) is 4. The number of hydroxylamine groups is 3. The zero-order valence-electron chi connectivity index (χ0n) is 13.9. The number of hydrogen-bond donors (Lipinski definition) is 1. The molecule has 0 saturated heterocycles. The Labute approximate surface area is 122 Å². The quantitative estimate of drug-likeness (QED) is 0.622. The van der Waals surface area contributed by atoms with Crippen molar-refractivity contribution in [3.05, 3.63) is 0 Å². The molecule has 0 aliphatic carbocycles. The summed E-state index contributed by atoms with van der Waals surface area (Å²) in [6, 6.07) is -0.488. The minimum atomic E-state index is -0.730. The lowest BCUT2D eigenvalue weighted by atomic mass is 10.0. The molecule has 20 heavy (non-hydrogen) atoms. The van der Waals surface area contributed by atoms with Crippen LogP contribution in [-0.4, -0.2) is 49.0 Å². The second-order valence-corrected chi connectivity index (χ2v) is 6.35. The van der Waals surface area contributed by atoms with Gasteiger partial charge in [0.2, 0.25) is 6.04 Å². The number of alkyl carbamates (subject to hydrolysis) is 1. The van der Waals surface area contributed by atoms with Crippen LogP contribution in [0, 0.1) is 5.92 Å². The molecule has 0 bridgehead atoms. The van der Waals surface area contributed by atoms with Crippen LogP contribution >= 0.6 is 0 Å². The van der Waals surface area contributed by atoms with Gasteiger partial charge in [-0.1, -0.05) is 13.8 Å². The molecule has 0 rings (SSSR count). The van der Waals surface area contributed by atoms with Crippen molar-refractivity contribution in [2.45, 2.75) is 53.2 Å². The van der Waals surface area contributed by atoms with Crippen LogP contribution < -0.4 is 5.32 Å². The Hall–Kier alpha value is -1.14. The Morgan fingerprint density at radius 2 is 1.75 bits per heavy atom. The lowest BCUT2D eigenvalue weighted by Gasteiger charge is -2.37. The molecule has 0 saturated carbocycles. The molecule has 0 fully saturated rings. The van der Waals surface area contributed by atoms with Crippen LogP contribution in [0.4, 0.5) is 4.79 Å². The van der Waals surface area contributed by atoms with Crippen LogP contribution in [0.1, 0.15) is 41.5 Å². The van der Waals surface area contributed by atoms with Gasteiger partial charge in [0.05, 0.1) is 14.2 Å². The van der Waals surface area contributed by atoms with Gasteiger partial charge in [0, 0.05) is 5.92 Å². The van der Waals surface area contributed by atoms with Crippen molar-refractivity contribution in [2.24, 2.45) is 5.92 Å². The average Bonchev–Trinajstić information content (AvgIpc) is 2.25. The summed E-state index contributed by atoms with van der Waals surface area (Å²) in [5.74, 6) is -0.372. The van der Waals surface area contributed by atoms with E-state index in [1.54, 1.807) is 27.9 Å². The molecule has 1 N–H and O–H groups in total. The number of quaternary nitrogens is 1. The normalized spacial score (nSPS) is 16.4. The first-order valence-electron chi connectivity index (χ1n) is 6.91. The Bertz CT molecular complexity index is 344. The Morgan fingerprint density at radius 1 is 1.25 bits per heavy atom. The summed E-state index contributed by atoms with van der Waals surface area (Å²) in [5.41, 5.74) is -0.637. The number of nitrogens with zero attached hydrogens (tertiary/aromatic N) is 1. The van der Waals surface area contributed by atoms with E-state index in [4.69, 9.17) is 9.57 Å². The third kappa shape index (κ3) is 5.46. The van der Waals surface area contributed by atoms with Crippen molar-refractivity contribution in [3.8, 4) is 0 Å². The molecule has 0 heterocycles. The molecular weight excluding hydrogens is 260 g/mol. The number of likely N-dealkylation sites (N-methyl/N-ethyl adjacent to an activating group) is 1. The van der Waals surface area contributed by atoms with E-state index in [-0.39, 0.29) is 16.5 Å². The Balaban J connectivity index is 4.97. The van der Waals surface area contributed by atoms with Gasteiger partial charge in [-0.3, -0.25) is 10.1 Å². The highest BCUT2D eigenvalue weighted by molar-refractivity contribution is 5.94. The Kier molecular flexibility index (Phi) is 6.64. The van der Waals surface area contributed by atoms with Crippen molar-refractivity contribution in [1.29, 1.82) is 0 Å². The van der Waals surface area contributed by atoms with Gasteiger partial charge < -0.3 is 4.74 Å². The van der Waals surface area contributed by atoms with Gasteiger partial charge >= 0.3 is 6.09 Å². The Morgan fingerprint density at radius 3 is 2.05 bits per heavy atom. The molecule has 6 nitrogen and oxygen atoms in total. The second kappa shape index (κ2) is 7.04. The van der Waals surface area contributed by atoms with Crippen molar-refractivity contribution >= 4 is 12.0 Å². The predicted octanol–water partition coefficient (Wildman–Crippen LogP) is 2.09. The van der Waals surface area contributed by atoms with Crippen LogP contribution in [0.2, 0.25) is 0 Å². The standard InChI is InChI=1S/C14H28N2O4/c1-9-16(7,19-8)11(10(2)3)12(17)15-13(18)20-14(4,5)6/h10-11H,9H2,1-8H3/p+1. The highest BCUT2D eigenvalue weighted by Crippen LogP contribution is 2.19. The van der Waals surface area contributed by atoms with E-state index >= 15 is 0 Å². The summed E-state index contributed by atoms with van der Waals surface area (Å²) < 4.78 is 5.20. The summed E-state index contributed by atoms with van der Waals surface area (Å²) in [5, 5.41) is 2.30. The molecule has 118 valence electrons. The zero-order chi connectivity index (χ0) is 16.1. The molecule has 0 aliphatic rings. The van der Waals surface area contributed by atoms with Crippen molar-refractivity contribution < 1.29 is 23.8 Å². The van der Waals surface area contributed by atoms with Gasteiger partial charge in [0.15, 0.2) is 0 Å². The number of carbonyl (C=O) groups is 2. The molecule has 6 heteroatoms. The van der Waals surface area contributed by atoms with Gasteiger partial charge in [-0.15, -0.1) is 0 Å². The van der Waals surface area contributed by atoms with Gasteiger partial charge in [-0.05, 0) is 27.7 Å². The minimum absolute atomic E-state index is 0.0161. The lowest BCUT2D eigenvalue weighted by Crippen LogP contribution is -2.61. The van der Waals surface area contributed by atoms with E-state index in [0.29, 0.717) is 6.54 Å². The largest absolute Gasteiger partial charge is 0.444 e. The van der Waals surface area contributed by atoms with Crippen LogP contribution in [0.15, 0.2) is 0 Å². The highest BCUT2D eigenvalue weighted by atomic mass is 16.7. The summed E-state index contributed by atoms with van der Waals surface area (Å²) in [4.78, 5) is 29.5. The smallest absolute Gasteiger partial charge is 0.414 e. The highest BCUT2D eigenvalue weighted by Gasteiger charge is 2.42. The van der Waals surface area contributed by atoms with E-state index in [0.717, 1.165) is 0 Å².